The highest BCUT2D eigenvalue weighted by Crippen LogP contribution is 2.25. The molecular weight excluding hydrogens is 262 g/mol. The predicted octanol–water partition coefficient (Wildman–Crippen LogP) is 1.78. The van der Waals surface area contributed by atoms with E-state index < -0.39 is 18.0 Å². The summed E-state index contributed by atoms with van der Waals surface area (Å²) in [5.41, 5.74) is 6.12. The van der Waals surface area contributed by atoms with E-state index in [2.05, 4.69) is 0 Å². The number of nitrogen functional groups attached to an aromatic ring is 1. The normalized spacial score (nSPS) is 11.6. The van der Waals surface area contributed by atoms with Crippen LogP contribution in [0.4, 0.5) is 5.69 Å². The molecule has 1 aromatic rings. The molecule has 0 saturated carbocycles. The largest absolute Gasteiger partial charge is 0.493 e. The van der Waals surface area contributed by atoms with Crippen molar-refractivity contribution < 1.29 is 23.8 Å². The molecule has 0 bridgehead atoms. The van der Waals surface area contributed by atoms with Crippen LogP contribution in [0, 0.1) is 0 Å². The maximum absolute atomic E-state index is 12.1. The van der Waals surface area contributed by atoms with E-state index in [0.717, 1.165) is 0 Å². The Hall–Kier alpha value is -2.24. The molecule has 0 saturated heterocycles. The maximum atomic E-state index is 12.1. The number of nitrogens with two attached hydrogens (primary N) is 1. The van der Waals surface area contributed by atoms with Crippen molar-refractivity contribution in [3.05, 3.63) is 23.8 Å². The molecular formula is C14H19NO5. The van der Waals surface area contributed by atoms with Crippen molar-refractivity contribution >= 4 is 17.6 Å². The second kappa shape index (κ2) is 7.37. The number of carbonyl (C=O) groups excluding carboxylic acids is 2. The molecule has 0 fully saturated rings. The van der Waals surface area contributed by atoms with E-state index in [4.69, 9.17) is 19.9 Å². The summed E-state index contributed by atoms with van der Waals surface area (Å²) >= 11 is 0. The summed E-state index contributed by atoms with van der Waals surface area (Å²) in [6, 6.07) is 4.85. The van der Waals surface area contributed by atoms with Crippen LogP contribution in [-0.4, -0.2) is 31.3 Å². The minimum absolute atomic E-state index is 0.116. The van der Waals surface area contributed by atoms with Crippen LogP contribution < -0.4 is 10.5 Å². The summed E-state index contributed by atoms with van der Waals surface area (Å²) in [6.07, 6.45) is -1.00. The fourth-order valence-electron chi connectivity index (χ4n) is 1.57. The van der Waals surface area contributed by atoms with E-state index >= 15 is 0 Å². The highest BCUT2D eigenvalue weighted by Gasteiger charge is 2.24. The van der Waals surface area contributed by atoms with Gasteiger partial charge in [0.15, 0.2) is 6.10 Å². The lowest BCUT2D eigenvalue weighted by Crippen LogP contribution is -2.27. The molecule has 20 heavy (non-hydrogen) atoms. The average Bonchev–Trinajstić information content (AvgIpc) is 2.39. The van der Waals surface area contributed by atoms with E-state index in [-0.39, 0.29) is 17.9 Å². The number of ether oxygens (including phenoxy) is 3. The van der Waals surface area contributed by atoms with Gasteiger partial charge in [0.1, 0.15) is 11.3 Å². The molecule has 2 N–H and O–H groups in total. The molecule has 1 unspecified atom stereocenters. The van der Waals surface area contributed by atoms with Crippen molar-refractivity contribution in [3.8, 4) is 5.75 Å². The molecule has 1 aromatic carbocycles. The highest BCUT2D eigenvalue weighted by atomic mass is 16.6. The molecule has 1 rings (SSSR count). The lowest BCUT2D eigenvalue weighted by Gasteiger charge is -2.15. The third-order valence-corrected chi connectivity index (χ3v) is 2.46. The minimum Gasteiger partial charge on any atom is -0.493 e. The van der Waals surface area contributed by atoms with Gasteiger partial charge in [0.2, 0.25) is 0 Å². The summed E-state index contributed by atoms with van der Waals surface area (Å²) in [5, 5.41) is 0. The summed E-state index contributed by atoms with van der Waals surface area (Å²) < 4.78 is 15.1. The fraction of sp³-hybridized carbons (Fsp3) is 0.429. The van der Waals surface area contributed by atoms with Gasteiger partial charge in [-0.05, 0) is 32.9 Å². The van der Waals surface area contributed by atoms with Gasteiger partial charge >= 0.3 is 11.9 Å². The smallest absolute Gasteiger partial charge is 0.347 e. The molecule has 0 amide bonds. The van der Waals surface area contributed by atoms with E-state index in [9.17, 15) is 9.59 Å². The number of hydrogen-bond donors (Lipinski definition) is 1. The van der Waals surface area contributed by atoms with Crippen LogP contribution in [0.25, 0.3) is 0 Å². The Morgan fingerprint density at radius 3 is 2.55 bits per heavy atom. The van der Waals surface area contributed by atoms with Gasteiger partial charge in [-0.1, -0.05) is 6.07 Å². The van der Waals surface area contributed by atoms with Crippen LogP contribution in [0.5, 0.6) is 5.75 Å². The molecule has 1 atom stereocenters. The van der Waals surface area contributed by atoms with E-state index in [1.165, 1.54) is 6.92 Å². The lowest BCUT2D eigenvalue weighted by molar-refractivity contribution is -0.152. The van der Waals surface area contributed by atoms with Gasteiger partial charge in [-0.15, -0.1) is 0 Å². The maximum Gasteiger partial charge on any atom is 0.347 e. The van der Waals surface area contributed by atoms with Crippen LogP contribution in [0.15, 0.2) is 18.2 Å². The number of anilines is 1. The lowest BCUT2D eigenvalue weighted by atomic mass is 10.1. The zero-order valence-corrected chi connectivity index (χ0v) is 11.8. The molecule has 110 valence electrons. The predicted molar refractivity (Wildman–Crippen MR) is 73.5 cm³/mol. The molecule has 0 heterocycles. The molecule has 0 aliphatic rings. The Morgan fingerprint density at radius 2 is 1.95 bits per heavy atom. The summed E-state index contributed by atoms with van der Waals surface area (Å²) in [5.74, 6) is -0.992. The van der Waals surface area contributed by atoms with Crippen LogP contribution >= 0.6 is 0 Å². The number of carbonyl (C=O) groups is 2. The average molecular weight is 281 g/mol. The molecule has 0 radical (unpaired) electrons. The first-order chi connectivity index (χ1) is 9.51. The standard InChI is InChI=1S/C14H19NO5/c1-4-18-11-8-6-7-10(15)12(11)14(17)20-9(3)13(16)19-5-2/h6-9H,4-5,15H2,1-3H3. The summed E-state index contributed by atoms with van der Waals surface area (Å²) in [7, 11) is 0. The van der Waals surface area contributed by atoms with Gasteiger partial charge < -0.3 is 19.9 Å². The summed E-state index contributed by atoms with van der Waals surface area (Å²) in [6.45, 7) is 5.51. The first-order valence-electron chi connectivity index (χ1n) is 6.40. The summed E-state index contributed by atoms with van der Waals surface area (Å²) in [4.78, 5) is 23.5. The topological polar surface area (TPSA) is 87.9 Å². The molecule has 0 aliphatic carbocycles. The Labute approximate surface area is 117 Å². The van der Waals surface area contributed by atoms with Crippen molar-refractivity contribution in [2.75, 3.05) is 18.9 Å². The van der Waals surface area contributed by atoms with Crippen molar-refractivity contribution in [2.45, 2.75) is 26.9 Å². The Balaban J connectivity index is 2.89. The third-order valence-electron chi connectivity index (χ3n) is 2.46. The van der Waals surface area contributed by atoms with Gasteiger partial charge in [-0.3, -0.25) is 0 Å². The Bertz CT molecular complexity index is 486. The molecule has 0 aliphatic heterocycles. The highest BCUT2D eigenvalue weighted by molar-refractivity contribution is 5.99. The second-order valence-corrected chi connectivity index (χ2v) is 3.95. The Kier molecular flexibility index (Phi) is 5.83. The second-order valence-electron chi connectivity index (χ2n) is 3.95. The molecule has 6 nitrogen and oxygen atoms in total. The zero-order valence-electron chi connectivity index (χ0n) is 11.8. The van der Waals surface area contributed by atoms with Gasteiger partial charge in [0.05, 0.1) is 13.2 Å². The van der Waals surface area contributed by atoms with Crippen molar-refractivity contribution in [2.24, 2.45) is 0 Å². The van der Waals surface area contributed by atoms with Crippen LogP contribution in [0.2, 0.25) is 0 Å². The van der Waals surface area contributed by atoms with E-state index in [0.29, 0.717) is 12.4 Å². The van der Waals surface area contributed by atoms with Crippen molar-refractivity contribution in [1.82, 2.24) is 0 Å². The zero-order chi connectivity index (χ0) is 15.1. The van der Waals surface area contributed by atoms with Crippen LogP contribution in [0.1, 0.15) is 31.1 Å². The first kappa shape index (κ1) is 15.8. The first-order valence-corrected chi connectivity index (χ1v) is 6.40. The number of hydrogen-bond acceptors (Lipinski definition) is 6. The SMILES string of the molecule is CCOC(=O)C(C)OC(=O)c1c(N)cccc1OCC. The van der Waals surface area contributed by atoms with Crippen LogP contribution in [-0.2, 0) is 14.3 Å². The molecule has 6 heteroatoms. The quantitative estimate of drug-likeness (QED) is 0.631. The van der Waals surface area contributed by atoms with Gasteiger partial charge in [-0.25, -0.2) is 9.59 Å². The number of benzene rings is 1. The number of rotatable bonds is 6. The van der Waals surface area contributed by atoms with Crippen molar-refractivity contribution in [3.63, 3.8) is 0 Å². The Morgan fingerprint density at radius 1 is 1.25 bits per heavy atom. The van der Waals surface area contributed by atoms with E-state index in [1.54, 1.807) is 32.0 Å². The van der Waals surface area contributed by atoms with E-state index in [1.807, 2.05) is 0 Å². The molecule has 0 spiro atoms. The van der Waals surface area contributed by atoms with Crippen LogP contribution in [0.3, 0.4) is 0 Å². The van der Waals surface area contributed by atoms with Crippen molar-refractivity contribution in [1.29, 1.82) is 0 Å². The third kappa shape index (κ3) is 3.88. The van der Waals surface area contributed by atoms with Gasteiger partial charge in [0.25, 0.3) is 0 Å². The van der Waals surface area contributed by atoms with Gasteiger partial charge in [-0.2, -0.15) is 0 Å². The molecule has 0 aromatic heterocycles. The fourth-order valence-corrected chi connectivity index (χ4v) is 1.57. The van der Waals surface area contributed by atoms with Gasteiger partial charge in [0, 0.05) is 5.69 Å². The monoisotopic (exact) mass is 281 g/mol. The number of esters is 2. The minimum atomic E-state index is -1.00.